The smallest absolute Gasteiger partial charge is 0.119 e. The number of aliphatic hydroxyl groups is 1. The third-order valence-electron chi connectivity index (χ3n) is 3.84. The third kappa shape index (κ3) is 3.69. The lowest BCUT2D eigenvalue weighted by Gasteiger charge is -2.21. The van der Waals surface area contributed by atoms with Crippen LogP contribution in [-0.2, 0) is 4.74 Å². The number of ether oxygens (including phenoxy) is 2. The second-order valence-electron chi connectivity index (χ2n) is 5.09. The van der Waals surface area contributed by atoms with Crippen molar-refractivity contribution in [1.82, 2.24) is 0 Å². The highest BCUT2D eigenvalue weighted by molar-refractivity contribution is 5.29. The van der Waals surface area contributed by atoms with Gasteiger partial charge in [0.05, 0.1) is 19.8 Å². The third-order valence-corrected chi connectivity index (χ3v) is 3.84. The summed E-state index contributed by atoms with van der Waals surface area (Å²) in [6.45, 7) is 0.980. The van der Waals surface area contributed by atoms with Gasteiger partial charge in [-0.15, -0.1) is 0 Å². The Morgan fingerprint density at radius 2 is 2.26 bits per heavy atom. The van der Waals surface area contributed by atoms with E-state index in [4.69, 9.17) is 15.2 Å². The van der Waals surface area contributed by atoms with Crippen molar-refractivity contribution in [2.75, 3.05) is 20.3 Å². The Morgan fingerprint density at radius 3 is 3.00 bits per heavy atom. The van der Waals surface area contributed by atoms with E-state index in [0.717, 1.165) is 24.2 Å². The van der Waals surface area contributed by atoms with Crippen molar-refractivity contribution in [1.29, 1.82) is 0 Å². The van der Waals surface area contributed by atoms with Gasteiger partial charge in [-0.05, 0) is 43.0 Å². The van der Waals surface area contributed by atoms with Crippen molar-refractivity contribution in [2.45, 2.75) is 31.5 Å². The van der Waals surface area contributed by atoms with Crippen LogP contribution in [0.2, 0.25) is 0 Å². The van der Waals surface area contributed by atoms with Gasteiger partial charge in [0.2, 0.25) is 0 Å². The van der Waals surface area contributed by atoms with E-state index < -0.39 is 6.10 Å². The van der Waals surface area contributed by atoms with Crippen LogP contribution >= 0.6 is 0 Å². The number of hydrogen-bond acceptors (Lipinski definition) is 4. The summed E-state index contributed by atoms with van der Waals surface area (Å²) >= 11 is 0. The average Bonchev–Trinajstić information content (AvgIpc) is 2.92. The minimum atomic E-state index is -0.617. The largest absolute Gasteiger partial charge is 0.497 e. The molecular formula is C15H23NO3. The topological polar surface area (TPSA) is 64.7 Å². The lowest BCUT2D eigenvalue weighted by Crippen LogP contribution is -2.27. The molecule has 3 N–H and O–H groups in total. The zero-order valence-corrected chi connectivity index (χ0v) is 11.4. The van der Waals surface area contributed by atoms with Gasteiger partial charge in [-0.3, -0.25) is 0 Å². The summed E-state index contributed by atoms with van der Waals surface area (Å²) < 4.78 is 11.0. The molecule has 4 heteroatoms. The zero-order chi connectivity index (χ0) is 13.7. The van der Waals surface area contributed by atoms with Crippen LogP contribution in [0.1, 0.15) is 30.9 Å². The lowest BCUT2D eigenvalue weighted by atomic mass is 10.1. The maximum Gasteiger partial charge on any atom is 0.119 e. The molecule has 0 spiro atoms. The first-order chi connectivity index (χ1) is 9.24. The van der Waals surface area contributed by atoms with Crippen molar-refractivity contribution in [3.8, 4) is 5.75 Å². The average molecular weight is 265 g/mol. The van der Waals surface area contributed by atoms with E-state index >= 15 is 0 Å². The molecule has 0 saturated heterocycles. The van der Waals surface area contributed by atoms with E-state index in [9.17, 15) is 5.11 Å². The summed E-state index contributed by atoms with van der Waals surface area (Å²) in [7, 11) is 1.62. The minimum absolute atomic E-state index is 0.199. The fourth-order valence-corrected chi connectivity index (χ4v) is 2.65. The quantitative estimate of drug-likeness (QED) is 0.824. The first-order valence-corrected chi connectivity index (χ1v) is 6.88. The molecule has 3 unspecified atom stereocenters. The molecule has 0 radical (unpaired) electrons. The second kappa shape index (κ2) is 6.89. The maximum absolute atomic E-state index is 10.1. The molecule has 1 aliphatic rings. The molecule has 1 aromatic carbocycles. The molecule has 0 bridgehead atoms. The molecule has 19 heavy (non-hydrogen) atoms. The summed E-state index contributed by atoms with van der Waals surface area (Å²) in [5, 5.41) is 10.1. The van der Waals surface area contributed by atoms with Gasteiger partial charge in [0.1, 0.15) is 11.9 Å². The SMILES string of the molecule is COc1cccc(C(O)COC2CCCC2CN)c1. The van der Waals surface area contributed by atoms with E-state index in [2.05, 4.69) is 0 Å². The van der Waals surface area contributed by atoms with Gasteiger partial charge in [0.15, 0.2) is 0 Å². The first kappa shape index (κ1) is 14.3. The van der Waals surface area contributed by atoms with Crippen LogP contribution < -0.4 is 10.5 Å². The molecule has 3 atom stereocenters. The van der Waals surface area contributed by atoms with Crippen molar-refractivity contribution in [2.24, 2.45) is 11.7 Å². The number of benzene rings is 1. The fourth-order valence-electron chi connectivity index (χ4n) is 2.65. The van der Waals surface area contributed by atoms with Crippen LogP contribution in [0.25, 0.3) is 0 Å². The Hall–Kier alpha value is -1.10. The summed E-state index contributed by atoms with van der Waals surface area (Å²) in [5.74, 6) is 1.19. The highest BCUT2D eigenvalue weighted by Crippen LogP contribution is 2.28. The molecule has 0 aliphatic heterocycles. The number of nitrogens with two attached hydrogens (primary N) is 1. The van der Waals surface area contributed by atoms with Crippen LogP contribution in [0.5, 0.6) is 5.75 Å². The second-order valence-corrected chi connectivity index (χ2v) is 5.09. The standard InChI is InChI=1S/C15H23NO3/c1-18-13-6-2-4-11(8-13)14(17)10-19-15-7-3-5-12(15)9-16/h2,4,6,8,12,14-15,17H,3,5,7,9-10,16H2,1H3. The van der Waals surface area contributed by atoms with Crippen LogP contribution in [0, 0.1) is 5.92 Å². The minimum Gasteiger partial charge on any atom is -0.497 e. The summed E-state index contributed by atoms with van der Waals surface area (Å²) in [4.78, 5) is 0. The highest BCUT2D eigenvalue weighted by atomic mass is 16.5. The van der Waals surface area contributed by atoms with Crippen molar-refractivity contribution in [3.63, 3.8) is 0 Å². The Balaban J connectivity index is 1.88. The summed E-state index contributed by atoms with van der Waals surface area (Å²) in [6.07, 6.45) is 2.93. The molecular weight excluding hydrogens is 242 g/mol. The normalized spacial score (nSPS) is 24.4. The van der Waals surface area contributed by atoms with Gasteiger partial charge in [0, 0.05) is 0 Å². The number of rotatable bonds is 6. The van der Waals surface area contributed by atoms with Crippen LogP contribution in [0.4, 0.5) is 0 Å². The monoisotopic (exact) mass is 265 g/mol. The van der Waals surface area contributed by atoms with E-state index in [1.165, 1.54) is 6.42 Å². The Labute approximate surface area is 114 Å². The van der Waals surface area contributed by atoms with Crippen molar-refractivity contribution in [3.05, 3.63) is 29.8 Å². The summed E-state index contributed by atoms with van der Waals surface area (Å²) in [6, 6.07) is 7.45. The summed E-state index contributed by atoms with van der Waals surface area (Å²) in [5.41, 5.74) is 6.54. The number of hydrogen-bond donors (Lipinski definition) is 2. The molecule has 1 aliphatic carbocycles. The van der Waals surface area contributed by atoms with Crippen LogP contribution in [-0.4, -0.2) is 31.5 Å². The Bertz CT molecular complexity index is 397. The van der Waals surface area contributed by atoms with Gasteiger partial charge >= 0.3 is 0 Å². The van der Waals surface area contributed by atoms with Crippen molar-refractivity contribution < 1.29 is 14.6 Å². The molecule has 1 aromatic rings. The van der Waals surface area contributed by atoms with E-state index in [1.54, 1.807) is 7.11 Å². The Kier molecular flexibility index (Phi) is 5.19. The molecule has 2 rings (SSSR count). The zero-order valence-electron chi connectivity index (χ0n) is 11.4. The Morgan fingerprint density at radius 1 is 1.42 bits per heavy atom. The lowest BCUT2D eigenvalue weighted by molar-refractivity contribution is -0.0242. The van der Waals surface area contributed by atoms with Crippen LogP contribution in [0.3, 0.4) is 0 Å². The molecule has 0 heterocycles. The molecule has 106 valence electrons. The van der Waals surface area contributed by atoms with Crippen LogP contribution in [0.15, 0.2) is 24.3 Å². The predicted octanol–water partition coefficient (Wildman–Crippen LogP) is 1.87. The highest BCUT2D eigenvalue weighted by Gasteiger charge is 2.27. The molecule has 1 fully saturated rings. The van der Waals surface area contributed by atoms with Gasteiger partial charge in [-0.1, -0.05) is 18.6 Å². The molecule has 1 saturated carbocycles. The first-order valence-electron chi connectivity index (χ1n) is 6.88. The number of methoxy groups -OCH3 is 1. The maximum atomic E-state index is 10.1. The molecule has 0 aromatic heterocycles. The van der Waals surface area contributed by atoms with Gasteiger partial charge < -0.3 is 20.3 Å². The number of aliphatic hydroxyl groups excluding tert-OH is 1. The predicted molar refractivity (Wildman–Crippen MR) is 74.1 cm³/mol. The molecule has 4 nitrogen and oxygen atoms in total. The van der Waals surface area contributed by atoms with E-state index in [1.807, 2.05) is 24.3 Å². The van der Waals surface area contributed by atoms with Gasteiger partial charge in [0.25, 0.3) is 0 Å². The van der Waals surface area contributed by atoms with Gasteiger partial charge in [-0.25, -0.2) is 0 Å². The fraction of sp³-hybridized carbons (Fsp3) is 0.600. The van der Waals surface area contributed by atoms with Crippen molar-refractivity contribution >= 4 is 0 Å². The molecule has 0 amide bonds. The van der Waals surface area contributed by atoms with E-state index in [0.29, 0.717) is 19.1 Å². The van der Waals surface area contributed by atoms with E-state index in [-0.39, 0.29) is 6.10 Å². The van der Waals surface area contributed by atoms with Gasteiger partial charge in [-0.2, -0.15) is 0 Å².